The van der Waals surface area contributed by atoms with Crippen molar-refractivity contribution < 1.29 is 13.2 Å². The van der Waals surface area contributed by atoms with Gasteiger partial charge in [0.25, 0.3) is 10.0 Å². The smallest absolute Gasteiger partial charge is 0.262 e. The van der Waals surface area contributed by atoms with Gasteiger partial charge in [-0.2, -0.15) is 4.31 Å². The molecular formula is C18H32ClN5O3S. The first-order chi connectivity index (χ1) is 12.7. The molecule has 0 aromatic carbocycles. The van der Waals surface area contributed by atoms with Crippen molar-refractivity contribution in [2.45, 2.75) is 50.6 Å². The predicted molar refractivity (Wildman–Crippen MR) is 110 cm³/mol. The topological polar surface area (TPSA) is 102 Å². The van der Waals surface area contributed by atoms with E-state index in [-0.39, 0.29) is 35.3 Å². The summed E-state index contributed by atoms with van der Waals surface area (Å²) in [5.74, 6) is 1.27. The fraction of sp³-hybridized carbons (Fsp3) is 0.778. The first-order valence-corrected chi connectivity index (χ1v) is 11.2. The van der Waals surface area contributed by atoms with Crippen LogP contribution in [0.25, 0.3) is 0 Å². The Morgan fingerprint density at radius 3 is 2.43 bits per heavy atom. The Hall–Kier alpha value is -1.16. The number of amides is 1. The fourth-order valence-corrected chi connectivity index (χ4v) is 5.62. The molecule has 0 saturated carbocycles. The maximum absolute atomic E-state index is 13.0. The Morgan fingerprint density at radius 2 is 1.89 bits per heavy atom. The molecule has 1 amide bonds. The third kappa shape index (κ3) is 4.53. The zero-order valence-corrected chi connectivity index (χ0v) is 18.5. The van der Waals surface area contributed by atoms with E-state index in [2.05, 4.69) is 11.9 Å². The normalized spacial score (nSPS) is 24.8. The molecule has 8 nitrogen and oxygen atoms in total. The van der Waals surface area contributed by atoms with E-state index in [0.29, 0.717) is 44.2 Å². The standard InChI is InChI=1S/C18H31N5O3S.ClH/c1-13-4-9-23(16(10-13)11-19)18(24)15-5-7-22(8-6-15)27(25,26)17-12-21(3)14(2)20-17;/h12-13,15-16H,4-11,19H2,1-3H3;1H. The summed E-state index contributed by atoms with van der Waals surface area (Å²) in [4.78, 5) is 19.1. The van der Waals surface area contributed by atoms with Crippen LogP contribution in [0.1, 0.15) is 38.4 Å². The van der Waals surface area contributed by atoms with Crippen LogP contribution in [-0.4, -0.2) is 65.3 Å². The van der Waals surface area contributed by atoms with Gasteiger partial charge in [0.05, 0.1) is 0 Å². The number of likely N-dealkylation sites (tertiary alicyclic amines) is 1. The Labute approximate surface area is 173 Å². The van der Waals surface area contributed by atoms with E-state index in [1.807, 2.05) is 4.90 Å². The maximum Gasteiger partial charge on any atom is 0.262 e. The first-order valence-electron chi connectivity index (χ1n) is 9.74. The lowest BCUT2D eigenvalue weighted by molar-refractivity contribution is -0.141. The second-order valence-corrected chi connectivity index (χ2v) is 9.85. The van der Waals surface area contributed by atoms with Crippen LogP contribution in [0.4, 0.5) is 0 Å². The number of hydrogen-bond acceptors (Lipinski definition) is 5. The number of hydrogen-bond donors (Lipinski definition) is 1. The number of sulfonamides is 1. The van der Waals surface area contributed by atoms with Crippen LogP contribution in [0.2, 0.25) is 0 Å². The highest BCUT2D eigenvalue weighted by molar-refractivity contribution is 7.89. The summed E-state index contributed by atoms with van der Waals surface area (Å²) < 4.78 is 28.8. The van der Waals surface area contributed by atoms with Crippen molar-refractivity contribution >= 4 is 28.3 Å². The molecule has 160 valence electrons. The Morgan fingerprint density at radius 1 is 1.25 bits per heavy atom. The lowest BCUT2D eigenvalue weighted by Crippen LogP contribution is -2.52. The van der Waals surface area contributed by atoms with Crippen LogP contribution >= 0.6 is 12.4 Å². The van der Waals surface area contributed by atoms with Gasteiger partial charge in [0.1, 0.15) is 5.82 Å². The summed E-state index contributed by atoms with van der Waals surface area (Å²) in [7, 11) is -1.83. The van der Waals surface area contributed by atoms with E-state index in [4.69, 9.17) is 5.73 Å². The number of carbonyl (C=O) groups is 1. The summed E-state index contributed by atoms with van der Waals surface area (Å²) in [6.07, 6.45) is 4.60. The Balaban J connectivity index is 0.00000280. The van der Waals surface area contributed by atoms with Gasteiger partial charge in [0, 0.05) is 51.4 Å². The number of aryl methyl sites for hydroxylation is 2. The summed E-state index contributed by atoms with van der Waals surface area (Å²) in [5.41, 5.74) is 5.89. The number of halogens is 1. The Bertz CT molecular complexity index is 770. The van der Waals surface area contributed by atoms with Crippen molar-refractivity contribution in [3.8, 4) is 0 Å². The molecule has 3 rings (SSSR count). The van der Waals surface area contributed by atoms with Gasteiger partial charge in [-0.3, -0.25) is 4.79 Å². The minimum absolute atomic E-state index is 0. The van der Waals surface area contributed by atoms with Crippen molar-refractivity contribution in [3.05, 3.63) is 12.0 Å². The van der Waals surface area contributed by atoms with Crippen molar-refractivity contribution in [2.75, 3.05) is 26.2 Å². The molecule has 2 saturated heterocycles. The molecule has 1 aromatic heterocycles. The van der Waals surface area contributed by atoms with Gasteiger partial charge in [0.2, 0.25) is 5.91 Å². The highest BCUT2D eigenvalue weighted by Crippen LogP contribution is 2.28. The number of rotatable bonds is 4. The highest BCUT2D eigenvalue weighted by Gasteiger charge is 2.37. The molecule has 2 aliphatic rings. The van der Waals surface area contributed by atoms with Gasteiger partial charge in [-0.15, -0.1) is 12.4 Å². The van der Waals surface area contributed by atoms with Crippen LogP contribution in [0.3, 0.4) is 0 Å². The number of nitrogens with two attached hydrogens (primary N) is 1. The molecule has 2 fully saturated rings. The largest absolute Gasteiger partial charge is 0.338 e. The second-order valence-electron chi connectivity index (χ2n) is 7.97. The molecule has 10 heteroatoms. The van der Waals surface area contributed by atoms with E-state index >= 15 is 0 Å². The van der Waals surface area contributed by atoms with Gasteiger partial charge in [0.15, 0.2) is 5.03 Å². The van der Waals surface area contributed by atoms with E-state index in [9.17, 15) is 13.2 Å². The second kappa shape index (κ2) is 9.11. The molecule has 0 spiro atoms. The van der Waals surface area contributed by atoms with E-state index in [1.54, 1.807) is 24.7 Å². The van der Waals surface area contributed by atoms with Gasteiger partial charge in [-0.05, 0) is 38.5 Å². The molecule has 0 aliphatic carbocycles. The van der Waals surface area contributed by atoms with Crippen molar-refractivity contribution in [3.63, 3.8) is 0 Å². The van der Waals surface area contributed by atoms with Crippen LogP contribution in [0, 0.1) is 18.8 Å². The number of aromatic nitrogens is 2. The van der Waals surface area contributed by atoms with Crippen molar-refractivity contribution in [1.29, 1.82) is 0 Å². The van der Waals surface area contributed by atoms with Gasteiger partial charge < -0.3 is 15.2 Å². The number of piperidine rings is 2. The maximum atomic E-state index is 13.0. The average Bonchev–Trinajstić information content (AvgIpc) is 3.00. The molecule has 2 N–H and O–H groups in total. The number of carbonyl (C=O) groups excluding carboxylic acids is 1. The Kier molecular flexibility index (Phi) is 7.52. The predicted octanol–water partition coefficient (Wildman–Crippen LogP) is 1.14. The average molecular weight is 434 g/mol. The van der Waals surface area contributed by atoms with Crippen LogP contribution in [0.5, 0.6) is 0 Å². The summed E-state index contributed by atoms with van der Waals surface area (Å²) >= 11 is 0. The molecule has 1 aromatic rings. The first kappa shape index (κ1) is 23.1. The summed E-state index contributed by atoms with van der Waals surface area (Å²) in [6, 6.07) is 0.111. The van der Waals surface area contributed by atoms with E-state index in [1.165, 1.54) is 4.31 Å². The fourth-order valence-electron chi connectivity index (χ4n) is 4.13. The zero-order chi connectivity index (χ0) is 19.8. The van der Waals surface area contributed by atoms with E-state index < -0.39 is 10.0 Å². The zero-order valence-electron chi connectivity index (χ0n) is 16.9. The van der Waals surface area contributed by atoms with Crippen LogP contribution in [-0.2, 0) is 21.9 Å². The minimum Gasteiger partial charge on any atom is -0.338 e. The van der Waals surface area contributed by atoms with Crippen molar-refractivity contribution in [2.24, 2.45) is 24.6 Å². The third-order valence-corrected chi connectivity index (χ3v) is 7.80. The van der Waals surface area contributed by atoms with Crippen LogP contribution in [0.15, 0.2) is 11.2 Å². The van der Waals surface area contributed by atoms with Gasteiger partial charge in [-0.1, -0.05) is 6.92 Å². The van der Waals surface area contributed by atoms with Crippen molar-refractivity contribution in [1.82, 2.24) is 18.8 Å². The highest BCUT2D eigenvalue weighted by atomic mass is 35.5. The molecule has 0 radical (unpaired) electrons. The van der Waals surface area contributed by atoms with Gasteiger partial charge >= 0.3 is 0 Å². The van der Waals surface area contributed by atoms with Gasteiger partial charge in [-0.25, -0.2) is 13.4 Å². The number of nitrogens with zero attached hydrogens (tertiary/aromatic N) is 4. The third-order valence-electron chi connectivity index (χ3n) is 6.03. The minimum atomic E-state index is -3.60. The molecule has 0 bridgehead atoms. The lowest BCUT2D eigenvalue weighted by atomic mass is 9.89. The molecule has 2 unspecified atom stereocenters. The monoisotopic (exact) mass is 433 g/mol. The SMILES string of the molecule is Cc1nc(S(=O)(=O)N2CCC(C(=O)N3CCC(C)CC3CN)CC2)cn1C.Cl. The summed E-state index contributed by atoms with van der Waals surface area (Å²) in [6.45, 7) is 5.93. The molecule has 3 heterocycles. The van der Waals surface area contributed by atoms with Crippen LogP contribution < -0.4 is 5.73 Å². The number of imidazole rings is 1. The molecule has 28 heavy (non-hydrogen) atoms. The molecule has 2 aliphatic heterocycles. The quantitative estimate of drug-likeness (QED) is 0.767. The summed E-state index contributed by atoms with van der Waals surface area (Å²) in [5, 5.41) is 0.0838. The van der Waals surface area contributed by atoms with E-state index in [0.717, 1.165) is 19.4 Å². The molecular weight excluding hydrogens is 402 g/mol. The molecule has 2 atom stereocenters. The lowest BCUT2D eigenvalue weighted by Gasteiger charge is -2.41.